The number of amides is 1. The zero-order valence-corrected chi connectivity index (χ0v) is 10.3. The number of anilines is 1. The predicted molar refractivity (Wildman–Crippen MR) is 69.4 cm³/mol. The van der Waals surface area contributed by atoms with Gasteiger partial charge in [0.25, 0.3) is 0 Å². The van der Waals surface area contributed by atoms with Crippen LogP contribution in [0.15, 0.2) is 18.2 Å². The summed E-state index contributed by atoms with van der Waals surface area (Å²) in [5.74, 6) is -0.254. The summed E-state index contributed by atoms with van der Waals surface area (Å²) < 4.78 is 5.22. The molecule has 1 amide bonds. The second kappa shape index (κ2) is 4.71. The molecule has 1 heterocycles. The van der Waals surface area contributed by atoms with Crippen molar-refractivity contribution in [1.82, 2.24) is 0 Å². The van der Waals surface area contributed by atoms with Gasteiger partial charge >= 0.3 is 0 Å². The maximum Gasteiger partial charge on any atom is 0.231 e. The van der Waals surface area contributed by atoms with Crippen LogP contribution in [-0.2, 0) is 22.4 Å². The molecule has 3 N–H and O–H groups in total. The molecule has 3 rings (SSSR count). The number of hydrogen-bond donors (Lipinski definition) is 2. The second-order valence-corrected chi connectivity index (χ2v) is 5.13. The number of nitrogens with two attached hydrogens (primary N) is 1. The van der Waals surface area contributed by atoms with Crippen LogP contribution in [0.5, 0.6) is 0 Å². The third-order valence-corrected chi connectivity index (χ3v) is 3.83. The first-order valence-electron chi connectivity index (χ1n) is 6.50. The van der Waals surface area contributed by atoms with Crippen LogP contribution in [0, 0.1) is 5.92 Å². The minimum atomic E-state index is -0.224. The quantitative estimate of drug-likeness (QED) is 0.821. The monoisotopic (exact) mass is 246 g/mol. The highest BCUT2D eigenvalue weighted by molar-refractivity contribution is 5.93. The van der Waals surface area contributed by atoms with E-state index in [2.05, 4.69) is 17.4 Å². The summed E-state index contributed by atoms with van der Waals surface area (Å²) in [6, 6.07) is 5.99. The van der Waals surface area contributed by atoms with Crippen LogP contribution < -0.4 is 11.1 Å². The Morgan fingerprint density at radius 3 is 2.89 bits per heavy atom. The molecule has 1 aliphatic heterocycles. The van der Waals surface area contributed by atoms with Crippen molar-refractivity contribution in [2.45, 2.75) is 25.3 Å². The number of benzene rings is 1. The number of hydrogen-bond acceptors (Lipinski definition) is 3. The minimum Gasteiger partial charge on any atom is -0.379 e. The lowest BCUT2D eigenvalue weighted by molar-refractivity contribution is -0.120. The van der Waals surface area contributed by atoms with Crippen LogP contribution in [0.2, 0.25) is 0 Å². The summed E-state index contributed by atoms with van der Waals surface area (Å²) in [5, 5.41) is 2.95. The van der Waals surface area contributed by atoms with Gasteiger partial charge in [0.2, 0.25) is 5.91 Å². The normalized spacial score (nSPS) is 26.1. The number of carbonyl (C=O) groups is 1. The van der Waals surface area contributed by atoms with E-state index in [0.717, 1.165) is 18.5 Å². The van der Waals surface area contributed by atoms with Gasteiger partial charge in [0.05, 0.1) is 19.1 Å². The fourth-order valence-corrected chi connectivity index (χ4v) is 2.73. The molecule has 1 aromatic carbocycles. The number of aryl methyl sites for hydroxylation is 2. The Bertz CT molecular complexity index is 473. The Kier molecular flexibility index (Phi) is 3.06. The second-order valence-electron chi connectivity index (χ2n) is 5.13. The third kappa shape index (κ3) is 2.13. The summed E-state index contributed by atoms with van der Waals surface area (Å²) in [6.07, 6.45) is 3.49. The fourth-order valence-electron chi connectivity index (χ4n) is 2.73. The predicted octanol–water partition coefficient (Wildman–Crippen LogP) is 1.09. The van der Waals surface area contributed by atoms with Crippen molar-refractivity contribution in [3.63, 3.8) is 0 Å². The molecule has 2 unspecified atom stereocenters. The zero-order chi connectivity index (χ0) is 12.5. The molecule has 0 saturated carbocycles. The molecule has 0 bridgehead atoms. The Morgan fingerprint density at radius 1 is 1.28 bits per heavy atom. The van der Waals surface area contributed by atoms with Crippen molar-refractivity contribution in [1.29, 1.82) is 0 Å². The molecule has 0 radical (unpaired) electrons. The first-order valence-corrected chi connectivity index (χ1v) is 6.50. The Balaban J connectivity index is 1.71. The molecule has 4 heteroatoms. The smallest absolute Gasteiger partial charge is 0.231 e. The highest BCUT2D eigenvalue weighted by atomic mass is 16.5. The number of fused-ring (bicyclic) bond motifs is 1. The fraction of sp³-hybridized carbons (Fsp3) is 0.500. The van der Waals surface area contributed by atoms with E-state index in [9.17, 15) is 4.79 Å². The van der Waals surface area contributed by atoms with Crippen molar-refractivity contribution >= 4 is 11.6 Å². The van der Waals surface area contributed by atoms with Gasteiger partial charge in [-0.05, 0) is 42.5 Å². The van der Waals surface area contributed by atoms with Gasteiger partial charge in [0, 0.05) is 11.7 Å². The van der Waals surface area contributed by atoms with Gasteiger partial charge in [-0.3, -0.25) is 4.79 Å². The number of carbonyl (C=O) groups excluding carboxylic acids is 1. The molecule has 2 atom stereocenters. The summed E-state index contributed by atoms with van der Waals surface area (Å²) in [6.45, 7) is 0.903. The average molecular weight is 246 g/mol. The molecule has 1 saturated heterocycles. The van der Waals surface area contributed by atoms with Crippen molar-refractivity contribution in [2.75, 3.05) is 18.5 Å². The highest BCUT2D eigenvalue weighted by Gasteiger charge is 2.31. The molecule has 18 heavy (non-hydrogen) atoms. The average Bonchev–Trinajstić information content (AvgIpc) is 2.96. The molecule has 1 fully saturated rings. The Labute approximate surface area is 107 Å². The summed E-state index contributed by atoms with van der Waals surface area (Å²) >= 11 is 0. The highest BCUT2D eigenvalue weighted by Crippen LogP contribution is 2.25. The number of ether oxygens (including phenoxy) is 1. The van der Waals surface area contributed by atoms with Crippen molar-refractivity contribution in [2.24, 2.45) is 11.7 Å². The first kappa shape index (κ1) is 11.7. The van der Waals surface area contributed by atoms with Gasteiger partial charge in [0.15, 0.2) is 0 Å². The molecule has 1 aliphatic carbocycles. The van der Waals surface area contributed by atoms with Gasteiger partial charge in [-0.2, -0.15) is 0 Å². The maximum absolute atomic E-state index is 12.1. The lowest BCUT2D eigenvalue weighted by Gasteiger charge is -2.14. The largest absolute Gasteiger partial charge is 0.379 e. The topological polar surface area (TPSA) is 64.3 Å². The lowest BCUT2D eigenvalue weighted by atomic mass is 10.0. The van der Waals surface area contributed by atoms with Gasteiger partial charge < -0.3 is 15.8 Å². The van der Waals surface area contributed by atoms with E-state index in [1.807, 2.05) is 6.07 Å². The molecular weight excluding hydrogens is 228 g/mol. The van der Waals surface area contributed by atoms with Gasteiger partial charge in [-0.15, -0.1) is 0 Å². The van der Waals surface area contributed by atoms with E-state index in [1.165, 1.54) is 17.5 Å². The molecular formula is C14H18N2O2. The van der Waals surface area contributed by atoms with Crippen molar-refractivity contribution in [3.8, 4) is 0 Å². The standard InChI is InChI=1S/C14H18N2O2/c15-13-8-18-7-12(13)14(17)16-11-5-4-9-2-1-3-10(9)6-11/h4-6,12-13H,1-3,7-8,15H2,(H,16,17). The SMILES string of the molecule is NC1COCC1C(=O)Nc1ccc2c(c1)CCC2. The minimum absolute atomic E-state index is 0.0297. The number of nitrogens with one attached hydrogen (secondary N) is 1. The van der Waals surface area contributed by atoms with Gasteiger partial charge in [-0.1, -0.05) is 6.07 Å². The van der Waals surface area contributed by atoms with E-state index in [0.29, 0.717) is 13.2 Å². The van der Waals surface area contributed by atoms with Crippen LogP contribution in [-0.4, -0.2) is 25.2 Å². The zero-order valence-electron chi connectivity index (χ0n) is 10.3. The van der Waals surface area contributed by atoms with E-state index in [1.54, 1.807) is 0 Å². The van der Waals surface area contributed by atoms with E-state index < -0.39 is 0 Å². The molecule has 4 nitrogen and oxygen atoms in total. The van der Waals surface area contributed by atoms with Gasteiger partial charge in [0.1, 0.15) is 0 Å². The molecule has 0 aromatic heterocycles. The Morgan fingerprint density at radius 2 is 2.11 bits per heavy atom. The summed E-state index contributed by atoms with van der Waals surface area (Å²) in [5.41, 5.74) is 9.48. The van der Waals surface area contributed by atoms with E-state index >= 15 is 0 Å². The third-order valence-electron chi connectivity index (χ3n) is 3.83. The van der Waals surface area contributed by atoms with Crippen molar-refractivity contribution in [3.05, 3.63) is 29.3 Å². The van der Waals surface area contributed by atoms with E-state index in [4.69, 9.17) is 10.5 Å². The summed E-state index contributed by atoms with van der Waals surface area (Å²) in [4.78, 5) is 12.1. The van der Waals surface area contributed by atoms with Crippen LogP contribution in [0.4, 0.5) is 5.69 Å². The van der Waals surface area contributed by atoms with Crippen LogP contribution in [0.1, 0.15) is 17.5 Å². The molecule has 1 aromatic rings. The summed E-state index contributed by atoms with van der Waals surface area (Å²) in [7, 11) is 0. The molecule has 96 valence electrons. The first-order chi connectivity index (χ1) is 8.74. The van der Waals surface area contributed by atoms with Crippen LogP contribution in [0.25, 0.3) is 0 Å². The van der Waals surface area contributed by atoms with Gasteiger partial charge in [-0.25, -0.2) is 0 Å². The Hall–Kier alpha value is -1.39. The molecule has 0 spiro atoms. The number of rotatable bonds is 2. The molecule has 2 aliphatic rings. The van der Waals surface area contributed by atoms with Crippen LogP contribution >= 0.6 is 0 Å². The van der Waals surface area contributed by atoms with Crippen molar-refractivity contribution < 1.29 is 9.53 Å². The van der Waals surface area contributed by atoms with Crippen LogP contribution in [0.3, 0.4) is 0 Å². The maximum atomic E-state index is 12.1. The lowest BCUT2D eigenvalue weighted by Crippen LogP contribution is -2.37. The van der Waals surface area contributed by atoms with E-state index in [-0.39, 0.29) is 17.9 Å².